The number of ether oxygens (including phenoxy) is 1. The standard InChI is InChI=1S/C20H37BrF2O5S.C12H9I2P/c21-17-15-13-11-9-7-5-3-1-2-4-6-8-10-12-14-16-18-28-19(24)20(22,23)29(25,26)27;13-9-1-5-11(6-2-9)15-12-7-3-10(14)4-8-12/h1-18H2,(H,25,26,27);1-8,15H. The van der Waals surface area contributed by atoms with Crippen LogP contribution in [0.15, 0.2) is 48.5 Å². The number of hydrogen-bond donors (Lipinski definition) is 1. The normalized spacial score (nSPS) is 11.6. The van der Waals surface area contributed by atoms with E-state index >= 15 is 0 Å². The maximum absolute atomic E-state index is 12.9. The van der Waals surface area contributed by atoms with E-state index in [1.54, 1.807) is 0 Å². The van der Waals surface area contributed by atoms with Crippen molar-refractivity contribution in [2.45, 2.75) is 108 Å². The predicted molar refractivity (Wildman–Crippen MR) is 201 cm³/mol. The van der Waals surface area contributed by atoms with Gasteiger partial charge in [-0.2, -0.15) is 17.2 Å². The van der Waals surface area contributed by atoms with Crippen molar-refractivity contribution in [2.75, 3.05) is 11.9 Å². The Kier molecular flexibility index (Phi) is 24.0. The minimum absolute atomic E-state index is 0.277. The Labute approximate surface area is 300 Å². The maximum atomic E-state index is 12.9. The minimum Gasteiger partial charge on any atom is -0.460 e. The summed E-state index contributed by atoms with van der Waals surface area (Å²) in [5.74, 6) is -2.23. The molecule has 0 aliphatic heterocycles. The number of unbranched alkanes of at least 4 members (excludes halogenated alkanes) is 15. The maximum Gasteiger partial charge on any atom is 0.465 e. The van der Waals surface area contributed by atoms with Crippen molar-refractivity contribution in [3.05, 3.63) is 55.7 Å². The highest BCUT2D eigenvalue weighted by Gasteiger charge is 2.54. The number of alkyl halides is 3. The second-order valence-corrected chi connectivity index (χ2v) is 16.8. The van der Waals surface area contributed by atoms with Gasteiger partial charge in [-0.1, -0.05) is 139 Å². The van der Waals surface area contributed by atoms with E-state index in [2.05, 4.69) is 114 Å². The van der Waals surface area contributed by atoms with Crippen LogP contribution in [0.2, 0.25) is 0 Å². The van der Waals surface area contributed by atoms with Crippen LogP contribution in [-0.2, 0) is 19.6 Å². The quantitative estimate of drug-likeness (QED) is 0.0318. The molecule has 0 saturated heterocycles. The van der Waals surface area contributed by atoms with Gasteiger partial charge in [0.2, 0.25) is 0 Å². The van der Waals surface area contributed by atoms with Crippen LogP contribution in [-0.4, -0.2) is 36.1 Å². The Morgan fingerprint density at radius 1 is 0.682 bits per heavy atom. The number of carbonyl (C=O) groups excluding carboxylic acids is 1. The highest BCUT2D eigenvalue weighted by molar-refractivity contribution is 14.1. The molecule has 0 amide bonds. The molecule has 0 bridgehead atoms. The zero-order chi connectivity index (χ0) is 32.7. The molecule has 0 heterocycles. The summed E-state index contributed by atoms with van der Waals surface area (Å²) in [5.41, 5.74) is 0. The average Bonchev–Trinajstić information content (AvgIpc) is 2.98. The fourth-order valence-corrected chi connectivity index (χ4v) is 6.64. The number of benzene rings is 2. The SMILES string of the molecule is Ic1ccc(Pc2ccc(I)cc2)cc1.O=C(OCCCCCCCCCCCCCCCCCCBr)C(F)(F)S(=O)(=O)O. The molecule has 0 radical (unpaired) electrons. The lowest BCUT2D eigenvalue weighted by Crippen LogP contribution is -2.39. The number of rotatable bonds is 22. The van der Waals surface area contributed by atoms with Crippen molar-refractivity contribution < 1.29 is 31.3 Å². The Bertz CT molecular complexity index is 1100. The predicted octanol–water partition coefficient (Wildman–Crippen LogP) is 10.2. The summed E-state index contributed by atoms with van der Waals surface area (Å²) >= 11 is 8.12. The molecule has 5 nitrogen and oxygen atoms in total. The fraction of sp³-hybridized carbons (Fsp3) is 0.594. The van der Waals surface area contributed by atoms with E-state index in [0.717, 1.165) is 39.6 Å². The number of esters is 1. The molecule has 12 heteroatoms. The van der Waals surface area contributed by atoms with Gasteiger partial charge in [0.15, 0.2) is 0 Å². The van der Waals surface area contributed by atoms with Gasteiger partial charge in [0.25, 0.3) is 0 Å². The molecule has 0 unspecified atom stereocenters. The Hall–Kier alpha value is 0.0500. The van der Waals surface area contributed by atoms with Gasteiger partial charge in [-0.3, -0.25) is 4.55 Å². The second kappa shape index (κ2) is 25.1. The van der Waals surface area contributed by atoms with Crippen LogP contribution in [0.25, 0.3) is 0 Å². The summed E-state index contributed by atoms with van der Waals surface area (Å²) in [5, 5.41) is -0.989. The van der Waals surface area contributed by atoms with Crippen molar-refractivity contribution in [3.63, 3.8) is 0 Å². The van der Waals surface area contributed by atoms with Crippen LogP contribution in [0.1, 0.15) is 103 Å². The second-order valence-electron chi connectivity index (χ2n) is 10.6. The van der Waals surface area contributed by atoms with E-state index in [1.165, 1.54) is 88.4 Å². The summed E-state index contributed by atoms with van der Waals surface area (Å²) in [6.07, 6.45) is 18.6. The molecular weight excluding hydrogens is 899 g/mol. The van der Waals surface area contributed by atoms with Gasteiger partial charge in [-0.25, -0.2) is 4.79 Å². The van der Waals surface area contributed by atoms with E-state index in [0.29, 0.717) is 6.42 Å². The van der Waals surface area contributed by atoms with Gasteiger partial charge in [-0.15, -0.1) is 0 Å². The number of carbonyl (C=O) groups is 1. The summed E-state index contributed by atoms with van der Waals surface area (Å²) in [4.78, 5) is 11.0. The first-order chi connectivity index (χ1) is 21.0. The molecule has 0 fully saturated rings. The van der Waals surface area contributed by atoms with Crippen LogP contribution < -0.4 is 10.6 Å². The third-order valence-electron chi connectivity index (χ3n) is 6.80. The van der Waals surface area contributed by atoms with Crippen LogP contribution in [0, 0.1) is 7.14 Å². The molecule has 0 aliphatic rings. The van der Waals surface area contributed by atoms with Gasteiger partial charge in [0.05, 0.1) is 6.61 Å². The van der Waals surface area contributed by atoms with Crippen LogP contribution in [0.4, 0.5) is 8.78 Å². The highest BCUT2D eigenvalue weighted by atomic mass is 127. The first kappa shape index (κ1) is 42.1. The minimum atomic E-state index is -5.78. The smallest absolute Gasteiger partial charge is 0.460 e. The zero-order valence-corrected chi connectivity index (χ0v) is 32.9. The van der Waals surface area contributed by atoms with Crippen molar-refractivity contribution >= 4 is 96.4 Å². The summed E-state index contributed by atoms with van der Waals surface area (Å²) in [6, 6.07) is 17.5. The van der Waals surface area contributed by atoms with Gasteiger partial charge < -0.3 is 4.74 Å². The molecule has 0 aliphatic carbocycles. The van der Waals surface area contributed by atoms with Crippen LogP contribution in [0.5, 0.6) is 0 Å². The van der Waals surface area contributed by atoms with Gasteiger partial charge in [-0.05, 0) is 92.9 Å². The van der Waals surface area contributed by atoms with Gasteiger partial charge in [0, 0.05) is 12.5 Å². The zero-order valence-electron chi connectivity index (χ0n) is 25.2. The molecule has 0 spiro atoms. The first-order valence-electron chi connectivity index (χ1n) is 15.3. The third-order valence-corrected chi connectivity index (χ3v) is 10.9. The van der Waals surface area contributed by atoms with Crippen LogP contribution >= 0.6 is 69.7 Å². The molecule has 0 aromatic heterocycles. The van der Waals surface area contributed by atoms with Crippen LogP contribution in [0.3, 0.4) is 0 Å². The molecular formula is C32H46BrF2I2O5PS. The summed E-state index contributed by atoms with van der Waals surface area (Å²) in [7, 11) is -5.02. The van der Waals surface area contributed by atoms with E-state index in [1.807, 2.05) is 0 Å². The monoisotopic (exact) mass is 944 g/mol. The first-order valence-corrected chi connectivity index (χ1v) is 21.1. The van der Waals surface area contributed by atoms with Crippen molar-refractivity contribution in [1.82, 2.24) is 0 Å². The topological polar surface area (TPSA) is 80.7 Å². The molecule has 2 aromatic carbocycles. The van der Waals surface area contributed by atoms with Crippen molar-refractivity contribution in [2.24, 2.45) is 0 Å². The van der Waals surface area contributed by atoms with Crippen molar-refractivity contribution in [3.8, 4) is 0 Å². The van der Waals surface area contributed by atoms with Gasteiger partial charge in [0.1, 0.15) is 0 Å². The van der Waals surface area contributed by atoms with E-state index in [9.17, 15) is 22.0 Å². The largest absolute Gasteiger partial charge is 0.465 e. The fourth-order valence-electron chi connectivity index (χ4n) is 4.26. The lowest BCUT2D eigenvalue weighted by Gasteiger charge is -2.11. The molecule has 2 aromatic rings. The van der Waals surface area contributed by atoms with Crippen molar-refractivity contribution in [1.29, 1.82) is 0 Å². The van der Waals surface area contributed by atoms with E-state index in [4.69, 9.17) is 4.55 Å². The molecule has 0 saturated carbocycles. The lowest BCUT2D eigenvalue weighted by atomic mass is 10.0. The molecule has 0 atom stereocenters. The molecule has 1 N–H and O–H groups in total. The molecule has 2 rings (SSSR count). The Balaban J connectivity index is 0.000000532. The summed E-state index contributed by atoms with van der Waals surface area (Å²) in [6.45, 7) is -0.277. The number of hydrogen-bond acceptors (Lipinski definition) is 4. The number of halogens is 5. The molecule has 250 valence electrons. The van der Waals surface area contributed by atoms with E-state index < -0.39 is 21.3 Å². The lowest BCUT2D eigenvalue weighted by molar-refractivity contribution is -0.161. The summed E-state index contributed by atoms with van der Waals surface area (Å²) < 4.78 is 61.7. The van der Waals surface area contributed by atoms with Gasteiger partial charge >= 0.3 is 21.3 Å². The Morgan fingerprint density at radius 2 is 1.00 bits per heavy atom. The van der Waals surface area contributed by atoms with E-state index in [-0.39, 0.29) is 6.61 Å². The molecule has 44 heavy (non-hydrogen) atoms. The highest BCUT2D eigenvalue weighted by Crippen LogP contribution is 2.22. The third kappa shape index (κ3) is 20.3. The average molecular weight is 945 g/mol. The Morgan fingerprint density at radius 3 is 1.32 bits per heavy atom.